The molecule has 1 aromatic heterocycles. The molecule has 1 unspecified atom stereocenters. The highest BCUT2D eigenvalue weighted by molar-refractivity contribution is 5.61. The molecule has 0 saturated carbocycles. The molecule has 2 heterocycles. The number of anilines is 2. The summed E-state index contributed by atoms with van der Waals surface area (Å²) in [5.41, 5.74) is 5.75. The van der Waals surface area contributed by atoms with Gasteiger partial charge in [-0.1, -0.05) is 0 Å². The van der Waals surface area contributed by atoms with Crippen LogP contribution in [0.2, 0.25) is 0 Å². The minimum Gasteiger partial charge on any atom is -0.391 e. The molecule has 17 heavy (non-hydrogen) atoms. The maximum Gasteiger partial charge on any atom is 0.276 e. The van der Waals surface area contributed by atoms with E-state index in [0.717, 1.165) is 26.1 Å². The van der Waals surface area contributed by atoms with Gasteiger partial charge in [-0.3, -0.25) is 4.79 Å². The quantitative estimate of drug-likeness (QED) is 0.712. The minimum absolute atomic E-state index is 0.212. The van der Waals surface area contributed by atoms with E-state index in [1.807, 2.05) is 0 Å². The number of rotatable bonds is 1. The lowest BCUT2D eigenvalue weighted by Crippen LogP contribution is -2.39. The molecule has 2 rings (SSSR count). The second-order valence-corrected chi connectivity index (χ2v) is 4.63. The first-order valence-corrected chi connectivity index (χ1v) is 5.88. The van der Waals surface area contributed by atoms with Gasteiger partial charge in [-0.15, -0.1) is 0 Å². The summed E-state index contributed by atoms with van der Waals surface area (Å²) in [4.78, 5) is 22.6. The van der Waals surface area contributed by atoms with Gasteiger partial charge in [0.05, 0.1) is 6.33 Å². The molecule has 1 fully saturated rings. The van der Waals surface area contributed by atoms with Gasteiger partial charge in [0.2, 0.25) is 0 Å². The Kier molecular flexibility index (Phi) is 3.33. The van der Waals surface area contributed by atoms with Gasteiger partial charge in [0, 0.05) is 19.1 Å². The van der Waals surface area contributed by atoms with Crippen molar-refractivity contribution in [2.24, 2.45) is 0 Å². The number of likely N-dealkylation sites (N-methyl/N-ethyl adjacent to an activating group) is 1. The fraction of sp³-hybridized carbons (Fsp3) is 0.636. The van der Waals surface area contributed by atoms with E-state index in [-0.39, 0.29) is 11.2 Å². The van der Waals surface area contributed by atoms with E-state index >= 15 is 0 Å². The Morgan fingerprint density at radius 3 is 3.06 bits per heavy atom. The van der Waals surface area contributed by atoms with Crippen LogP contribution < -0.4 is 16.2 Å². The average Bonchev–Trinajstić information content (AvgIpc) is 2.44. The van der Waals surface area contributed by atoms with Crippen molar-refractivity contribution in [1.29, 1.82) is 0 Å². The van der Waals surface area contributed by atoms with Crippen molar-refractivity contribution in [2.75, 3.05) is 37.3 Å². The summed E-state index contributed by atoms with van der Waals surface area (Å²) in [6, 6.07) is 0.305. The van der Waals surface area contributed by atoms with Gasteiger partial charge in [0.15, 0.2) is 5.82 Å². The van der Waals surface area contributed by atoms with Gasteiger partial charge in [-0.05, 0) is 26.9 Å². The standard InChI is InChI=1S/C11H19N5O/c1-8-6-15(2)4-3-5-16(8)10-9(12)11(17)14-7-13-10/h7-8H,3-6,12H2,1-2H3,(H,13,14,17). The summed E-state index contributed by atoms with van der Waals surface area (Å²) >= 11 is 0. The molecule has 1 aliphatic rings. The molecule has 3 N–H and O–H groups in total. The van der Waals surface area contributed by atoms with Crippen molar-refractivity contribution in [1.82, 2.24) is 14.9 Å². The fourth-order valence-corrected chi connectivity index (χ4v) is 2.32. The summed E-state index contributed by atoms with van der Waals surface area (Å²) in [7, 11) is 2.11. The topological polar surface area (TPSA) is 78.2 Å². The lowest BCUT2D eigenvalue weighted by Gasteiger charge is -2.29. The van der Waals surface area contributed by atoms with Crippen LogP contribution in [0, 0.1) is 0 Å². The van der Waals surface area contributed by atoms with Crippen LogP contribution in [-0.4, -0.2) is 47.6 Å². The lowest BCUT2D eigenvalue weighted by atomic mass is 10.2. The Morgan fingerprint density at radius 1 is 1.53 bits per heavy atom. The van der Waals surface area contributed by atoms with Crippen LogP contribution in [0.4, 0.5) is 11.5 Å². The molecule has 0 aromatic carbocycles. The second kappa shape index (κ2) is 4.75. The molecule has 0 radical (unpaired) electrons. The molecule has 94 valence electrons. The number of hydrogen-bond donors (Lipinski definition) is 2. The van der Waals surface area contributed by atoms with Crippen molar-refractivity contribution in [3.63, 3.8) is 0 Å². The van der Waals surface area contributed by atoms with Crippen LogP contribution in [0.15, 0.2) is 11.1 Å². The number of nitrogens with two attached hydrogens (primary N) is 1. The number of H-pyrrole nitrogens is 1. The van der Waals surface area contributed by atoms with E-state index in [2.05, 4.69) is 33.7 Å². The molecule has 1 saturated heterocycles. The lowest BCUT2D eigenvalue weighted by molar-refractivity contribution is 0.337. The zero-order valence-electron chi connectivity index (χ0n) is 10.3. The molecule has 0 bridgehead atoms. The maximum atomic E-state index is 11.5. The molecule has 0 aliphatic carbocycles. The zero-order chi connectivity index (χ0) is 12.4. The molecule has 1 aliphatic heterocycles. The average molecular weight is 237 g/mol. The number of hydrogen-bond acceptors (Lipinski definition) is 5. The van der Waals surface area contributed by atoms with Crippen LogP contribution in [0.3, 0.4) is 0 Å². The van der Waals surface area contributed by atoms with Crippen molar-refractivity contribution < 1.29 is 0 Å². The number of nitrogens with one attached hydrogen (secondary N) is 1. The summed E-state index contributed by atoms with van der Waals surface area (Å²) < 4.78 is 0. The molecule has 1 aromatic rings. The maximum absolute atomic E-state index is 11.5. The highest BCUT2D eigenvalue weighted by Crippen LogP contribution is 2.20. The normalized spacial score (nSPS) is 22.5. The van der Waals surface area contributed by atoms with Crippen LogP contribution in [0.1, 0.15) is 13.3 Å². The largest absolute Gasteiger partial charge is 0.391 e. The monoisotopic (exact) mass is 237 g/mol. The van der Waals surface area contributed by atoms with Crippen molar-refractivity contribution >= 4 is 11.5 Å². The molecule has 6 heteroatoms. The van der Waals surface area contributed by atoms with Gasteiger partial charge < -0.3 is 20.5 Å². The molecule has 0 spiro atoms. The summed E-state index contributed by atoms with van der Waals surface area (Å²) in [5, 5.41) is 0. The van der Waals surface area contributed by atoms with Crippen molar-refractivity contribution in [3.8, 4) is 0 Å². The predicted octanol–water partition coefficient (Wildman–Crippen LogP) is -0.117. The number of nitrogens with zero attached hydrogens (tertiary/aromatic N) is 3. The fourth-order valence-electron chi connectivity index (χ4n) is 2.32. The minimum atomic E-state index is -0.264. The summed E-state index contributed by atoms with van der Waals surface area (Å²) in [6.45, 7) is 5.02. The third-order valence-electron chi connectivity index (χ3n) is 3.19. The Bertz CT molecular complexity index is 444. The van der Waals surface area contributed by atoms with Gasteiger partial charge in [0.1, 0.15) is 5.69 Å². The van der Waals surface area contributed by atoms with Crippen molar-refractivity contribution in [2.45, 2.75) is 19.4 Å². The Hall–Kier alpha value is -1.56. The summed E-state index contributed by atoms with van der Waals surface area (Å²) in [6.07, 6.45) is 2.46. The number of aromatic nitrogens is 2. The van der Waals surface area contributed by atoms with Crippen LogP contribution >= 0.6 is 0 Å². The summed E-state index contributed by atoms with van der Waals surface area (Å²) in [5.74, 6) is 0.608. The molecule has 6 nitrogen and oxygen atoms in total. The highest BCUT2D eigenvalue weighted by atomic mass is 16.1. The first-order chi connectivity index (χ1) is 8.09. The van der Waals surface area contributed by atoms with Crippen LogP contribution in [0.5, 0.6) is 0 Å². The van der Waals surface area contributed by atoms with E-state index in [9.17, 15) is 4.79 Å². The van der Waals surface area contributed by atoms with Gasteiger partial charge >= 0.3 is 0 Å². The molecule has 1 atom stereocenters. The Balaban J connectivity index is 2.32. The van der Waals surface area contributed by atoms with Crippen LogP contribution in [0.25, 0.3) is 0 Å². The molecule has 0 amide bonds. The van der Waals surface area contributed by atoms with Gasteiger partial charge in [-0.25, -0.2) is 4.98 Å². The van der Waals surface area contributed by atoms with E-state index < -0.39 is 0 Å². The first kappa shape index (κ1) is 11.9. The third kappa shape index (κ3) is 2.41. The van der Waals surface area contributed by atoms with Crippen molar-refractivity contribution in [3.05, 3.63) is 16.7 Å². The number of nitrogen functional groups attached to an aromatic ring is 1. The van der Waals surface area contributed by atoms with E-state index in [1.54, 1.807) is 0 Å². The Morgan fingerprint density at radius 2 is 2.29 bits per heavy atom. The Labute approximate surface area is 100 Å². The van der Waals surface area contributed by atoms with Gasteiger partial charge in [0.25, 0.3) is 5.56 Å². The van der Waals surface area contributed by atoms with Crippen LogP contribution in [-0.2, 0) is 0 Å². The predicted molar refractivity (Wildman–Crippen MR) is 68.2 cm³/mol. The third-order valence-corrected chi connectivity index (χ3v) is 3.19. The molecular weight excluding hydrogens is 218 g/mol. The van der Waals surface area contributed by atoms with E-state index in [1.165, 1.54) is 6.33 Å². The second-order valence-electron chi connectivity index (χ2n) is 4.63. The SMILES string of the molecule is CC1CN(C)CCCN1c1nc[nH]c(=O)c1N. The smallest absolute Gasteiger partial charge is 0.276 e. The van der Waals surface area contributed by atoms with E-state index in [4.69, 9.17) is 5.73 Å². The van der Waals surface area contributed by atoms with E-state index in [0.29, 0.717) is 11.9 Å². The first-order valence-electron chi connectivity index (χ1n) is 5.88. The number of aromatic amines is 1. The zero-order valence-corrected chi connectivity index (χ0v) is 10.3. The highest BCUT2D eigenvalue weighted by Gasteiger charge is 2.23. The van der Waals surface area contributed by atoms with Gasteiger partial charge in [-0.2, -0.15) is 0 Å². The molecular formula is C11H19N5O.